The van der Waals surface area contributed by atoms with Crippen molar-refractivity contribution in [2.45, 2.75) is 85.5 Å². The highest BCUT2D eigenvalue weighted by molar-refractivity contribution is 5.86. The van der Waals surface area contributed by atoms with Gasteiger partial charge in [0, 0.05) is 11.1 Å². The molecule has 149 valence electrons. The maximum absolute atomic E-state index is 11.1. The van der Waals surface area contributed by atoms with Crippen molar-refractivity contribution in [3.63, 3.8) is 0 Å². The largest absolute Gasteiger partial charge is 0.478 e. The number of carboxylic acids is 2. The molecule has 0 amide bonds. The number of hydrogen-bond acceptors (Lipinski definition) is 2. The Morgan fingerprint density at radius 2 is 1.38 bits per heavy atom. The molecule has 2 N–H and O–H groups in total. The third-order valence-corrected chi connectivity index (χ3v) is 4.70. The fourth-order valence-corrected chi connectivity index (χ4v) is 3.12. The Morgan fingerprint density at radius 3 is 1.88 bits per heavy atom. The van der Waals surface area contributed by atoms with Gasteiger partial charge in [-0.15, -0.1) is 0 Å². The molecule has 0 fully saturated rings. The number of carboxylic acid groups (broad SMARTS) is 2. The highest BCUT2D eigenvalue weighted by Crippen LogP contribution is 2.23. The van der Waals surface area contributed by atoms with Crippen molar-refractivity contribution in [3.05, 3.63) is 29.7 Å². The third kappa shape index (κ3) is 11.9. The van der Waals surface area contributed by atoms with Gasteiger partial charge >= 0.3 is 11.9 Å². The summed E-state index contributed by atoms with van der Waals surface area (Å²) in [7, 11) is 0. The smallest absolute Gasteiger partial charge is 0.330 e. The lowest BCUT2D eigenvalue weighted by atomic mass is 9.90. The minimum Gasteiger partial charge on any atom is -0.478 e. The summed E-state index contributed by atoms with van der Waals surface area (Å²) >= 11 is 0. The van der Waals surface area contributed by atoms with E-state index in [1.807, 2.05) is 12.2 Å². The molecule has 0 aromatic carbocycles. The molecule has 0 rings (SSSR count). The molecule has 2 unspecified atom stereocenters. The Hall–Kier alpha value is -1.58. The predicted octanol–water partition coefficient (Wildman–Crippen LogP) is 6.04. The van der Waals surface area contributed by atoms with Crippen LogP contribution in [0.4, 0.5) is 0 Å². The zero-order valence-corrected chi connectivity index (χ0v) is 17.0. The number of aliphatic carboxylic acids is 2. The van der Waals surface area contributed by atoms with Gasteiger partial charge < -0.3 is 10.2 Å². The van der Waals surface area contributed by atoms with Crippen molar-refractivity contribution in [2.75, 3.05) is 0 Å². The predicted molar refractivity (Wildman–Crippen MR) is 107 cm³/mol. The second-order valence-electron chi connectivity index (χ2n) is 7.22. The van der Waals surface area contributed by atoms with E-state index in [1.165, 1.54) is 6.42 Å². The van der Waals surface area contributed by atoms with Gasteiger partial charge in [-0.25, -0.2) is 9.59 Å². The molecular weight excluding hydrogens is 328 g/mol. The van der Waals surface area contributed by atoms with Crippen LogP contribution in [0, 0.1) is 18.3 Å². The summed E-state index contributed by atoms with van der Waals surface area (Å²) in [6.45, 7) is 7.59. The molecule has 0 aliphatic heterocycles. The summed E-state index contributed by atoms with van der Waals surface area (Å²) in [6.07, 6.45) is 15.3. The minimum atomic E-state index is -0.847. The fourth-order valence-electron chi connectivity index (χ4n) is 3.12. The minimum absolute atomic E-state index is 0.276. The van der Waals surface area contributed by atoms with Crippen LogP contribution in [0.1, 0.15) is 85.5 Å². The first-order chi connectivity index (χ1) is 12.3. The molecule has 0 saturated carbocycles. The van der Waals surface area contributed by atoms with E-state index in [9.17, 15) is 9.59 Å². The topological polar surface area (TPSA) is 74.6 Å². The molecule has 0 aromatic rings. The maximum atomic E-state index is 11.1. The Morgan fingerprint density at radius 1 is 0.808 bits per heavy atom. The number of hydrogen-bond donors (Lipinski definition) is 2. The Kier molecular flexibility index (Phi) is 13.7. The quantitative estimate of drug-likeness (QED) is 0.274. The lowest BCUT2D eigenvalue weighted by molar-refractivity contribution is -0.133. The maximum Gasteiger partial charge on any atom is 0.330 e. The van der Waals surface area contributed by atoms with Gasteiger partial charge in [-0.3, -0.25) is 0 Å². The van der Waals surface area contributed by atoms with Gasteiger partial charge in [0.2, 0.25) is 0 Å². The van der Waals surface area contributed by atoms with Gasteiger partial charge in [0.05, 0.1) is 0 Å². The highest BCUT2D eigenvalue weighted by Gasteiger charge is 2.11. The number of carbonyl (C=O) groups is 2. The second-order valence-corrected chi connectivity index (χ2v) is 7.22. The van der Waals surface area contributed by atoms with E-state index in [4.69, 9.17) is 10.2 Å². The van der Waals surface area contributed by atoms with Crippen molar-refractivity contribution in [1.29, 1.82) is 0 Å². The first-order valence-corrected chi connectivity index (χ1v) is 9.96. The van der Waals surface area contributed by atoms with Crippen molar-refractivity contribution in [3.8, 4) is 0 Å². The van der Waals surface area contributed by atoms with Gasteiger partial charge in [0.1, 0.15) is 0 Å². The van der Waals surface area contributed by atoms with E-state index < -0.39 is 11.9 Å². The molecule has 4 heteroatoms. The SMILES string of the molecule is CCCCCC(C=C(C)C(=O)O)C[CH]CCC(C=C(C)C(=O)O)CCC. The lowest BCUT2D eigenvalue weighted by Gasteiger charge is -2.15. The van der Waals surface area contributed by atoms with Crippen molar-refractivity contribution < 1.29 is 19.8 Å². The Labute approximate surface area is 159 Å². The van der Waals surface area contributed by atoms with Gasteiger partial charge in [-0.1, -0.05) is 51.7 Å². The van der Waals surface area contributed by atoms with Crippen molar-refractivity contribution in [2.24, 2.45) is 11.8 Å². The lowest BCUT2D eigenvalue weighted by Crippen LogP contribution is -2.05. The molecule has 26 heavy (non-hydrogen) atoms. The summed E-state index contributed by atoms with van der Waals surface area (Å²) in [5.41, 5.74) is 0.838. The van der Waals surface area contributed by atoms with E-state index in [1.54, 1.807) is 13.8 Å². The summed E-state index contributed by atoms with van der Waals surface area (Å²) < 4.78 is 0. The molecule has 0 aliphatic rings. The molecular formula is C22H37O4. The van der Waals surface area contributed by atoms with E-state index in [2.05, 4.69) is 20.3 Å². The summed E-state index contributed by atoms with van der Waals surface area (Å²) in [4.78, 5) is 22.1. The van der Waals surface area contributed by atoms with Crippen LogP contribution in [0.2, 0.25) is 0 Å². The van der Waals surface area contributed by atoms with Crippen LogP contribution in [-0.2, 0) is 9.59 Å². The molecule has 0 saturated heterocycles. The molecule has 0 aromatic heterocycles. The number of allylic oxidation sites excluding steroid dienone is 2. The Balaban J connectivity index is 4.56. The number of rotatable bonds is 15. The molecule has 0 heterocycles. The Bertz CT molecular complexity index is 477. The van der Waals surface area contributed by atoms with E-state index in [0.29, 0.717) is 17.1 Å². The van der Waals surface area contributed by atoms with E-state index in [0.717, 1.165) is 51.4 Å². The first-order valence-electron chi connectivity index (χ1n) is 9.96. The van der Waals surface area contributed by atoms with Gasteiger partial charge in [-0.05, 0) is 64.2 Å². The average Bonchev–Trinajstić information content (AvgIpc) is 2.58. The van der Waals surface area contributed by atoms with Crippen LogP contribution in [0.3, 0.4) is 0 Å². The first kappa shape index (κ1) is 24.4. The highest BCUT2D eigenvalue weighted by atomic mass is 16.4. The molecule has 0 bridgehead atoms. The van der Waals surface area contributed by atoms with Crippen LogP contribution in [0.15, 0.2) is 23.3 Å². The van der Waals surface area contributed by atoms with E-state index in [-0.39, 0.29) is 5.92 Å². The number of unbranched alkanes of at least 4 members (excludes halogenated alkanes) is 3. The zero-order chi connectivity index (χ0) is 19.9. The van der Waals surface area contributed by atoms with Crippen LogP contribution >= 0.6 is 0 Å². The van der Waals surface area contributed by atoms with Crippen molar-refractivity contribution in [1.82, 2.24) is 0 Å². The molecule has 0 aliphatic carbocycles. The summed E-state index contributed by atoms with van der Waals surface area (Å²) in [5, 5.41) is 18.1. The fraction of sp³-hybridized carbons (Fsp3) is 0.682. The van der Waals surface area contributed by atoms with Crippen LogP contribution in [0.25, 0.3) is 0 Å². The second kappa shape index (κ2) is 14.6. The summed E-state index contributed by atoms with van der Waals surface area (Å²) in [5.74, 6) is -1.12. The van der Waals surface area contributed by atoms with Crippen molar-refractivity contribution >= 4 is 11.9 Å². The van der Waals surface area contributed by atoms with Crippen LogP contribution in [-0.4, -0.2) is 22.2 Å². The molecule has 0 spiro atoms. The zero-order valence-electron chi connectivity index (χ0n) is 17.0. The normalized spacial score (nSPS) is 14.9. The average molecular weight is 366 g/mol. The van der Waals surface area contributed by atoms with Crippen LogP contribution < -0.4 is 0 Å². The van der Waals surface area contributed by atoms with Gasteiger partial charge in [-0.2, -0.15) is 0 Å². The standard InChI is InChI=1S/C22H37O4/c1-5-7-8-12-20(16-18(4)22(25)26)14-10-9-13-19(11-6-2)15-17(3)21(23)24/h10,15-16,19-20H,5-9,11-14H2,1-4H3,(H,23,24)(H,25,26). The monoisotopic (exact) mass is 365 g/mol. The third-order valence-electron chi connectivity index (χ3n) is 4.70. The van der Waals surface area contributed by atoms with Gasteiger partial charge in [0.15, 0.2) is 0 Å². The molecule has 1 radical (unpaired) electrons. The summed E-state index contributed by atoms with van der Waals surface area (Å²) in [6, 6.07) is 0. The molecule has 2 atom stereocenters. The van der Waals surface area contributed by atoms with Crippen LogP contribution in [0.5, 0.6) is 0 Å². The van der Waals surface area contributed by atoms with Gasteiger partial charge in [0.25, 0.3) is 0 Å². The van der Waals surface area contributed by atoms with E-state index >= 15 is 0 Å². The molecule has 4 nitrogen and oxygen atoms in total.